The van der Waals surface area contributed by atoms with Crippen molar-refractivity contribution >= 4 is 17.2 Å². The van der Waals surface area contributed by atoms with Crippen molar-refractivity contribution in [1.29, 1.82) is 0 Å². The van der Waals surface area contributed by atoms with Crippen LogP contribution in [0.5, 0.6) is 11.5 Å². The lowest BCUT2D eigenvalue weighted by Gasteiger charge is -2.13. The van der Waals surface area contributed by atoms with Crippen LogP contribution in [0.3, 0.4) is 0 Å². The van der Waals surface area contributed by atoms with Crippen LogP contribution >= 0.6 is 11.3 Å². The summed E-state index contributed by atoms with van der Waals surface area (Å²) >= 11 is 1.76. The van der Waals surface area contributed by atoms with Crippen LogP contribution in [0.4, 0.5) is 0 Å². The summed E-state index contributed by atoms with van der Waals surface area (Å²) in [6, 6.07) is 23.3. The third-order valence-corrected chi connectivity index (χ3v) is 6.85. The minimum absolute atomic E-state index is 0.0640. The summed E-state index contributed by atoms with van der Waals surface area (Å²) < 4.78 is 12.0. The molecule has 0 unspecified atom stereocenters. The van der Waals surface area contributed by atoms with Crippen LogP contribution in [-0.2, 0) is 13.2 Å². The third-order valence-electron chi connectivity index (χ3n) is 5.58. The Labute approximate surface area is 209 Å². The topological polar surface area (TPSA) is 90.0 Å². The van der Waals surface area contributed by atoms with Gasteiger partial charge in [0.1, 0.15) is 24.7 Å². The Morgan fingerprint density at radius 2 is 1.46 bits per heavy atom. The molecule has 0 bridgehead atoms. The summed E-state index contributed by atoms with van der Waals surface area (Å²) in [4.78, 5) is 6.05. The van der Waals surface area contributed by atoms with Crippen molar-refractivity contribution < 1.29 is 14.7 Å². The number of ether oxygens (including phenoxy) is 2. The van der Waals surface area contributed by atoms with E-state index in [-0.39, 0.29) is 5.84 Å². The monoisotopic (exact) mass is 487 g/mol. The van der Waals surface area contributed by atoms with Gasteiger partial charge in [0.15, 0.2) is 5.84 Å². The van der Waals surface area contributed by atoms with Crippen LogP contribution < -0.4 is 15.2 Å². The van der Waals surface area contributed by atoms with Gasteiger partial charge < -0.3 is 20.4 Å². The zero-order chi connectivity index (χ0) is 24.8. The van der Waals surface area contributed by atoms with Crippen molar-refractivity contribution in [1.82, 2.24) is 4.98 Å². The normalized spacial score (nSPS) is 11.6. The number of hydrogen-bond donors (Lipinski definition) is 2. The predicted molar refractivity (Wildman–Crippen MR) is 140 cm³/mol. The smallest absolute Gasteiger partial charge is 0.170 e. The van der Waals surface area contributed by atoms with E-state index < -0.39 is 0 Å². The Morgan fingerprint density at radius 3 is 1.97 bits per heavy atom. The van der Waals surface area contributed by atoms with Crippen LogP contribution in [-0.4, -0.2) is 16.0 Å². The van der Waals surface area contributed by atoms with Gasteiger partial charge in [0.25, 0.3) is 0 Å². The second-order valence-electron chi connectivity index (χ2n) is 8.48. The van der Waals surface area contributed by atoms with Crippen molar-refractivity contribution in [2.45, 2.75) is 39.9 Å². The highest BCUT2D eigenvalue weighted by Crippen LogP contribution is 2.34. The number of oxime groups is 1. The molecule has 0 aliphatic heterocycles. The Morgan fingerprint density at radius 1 is 0.914 bits per heavy atom. The summed E-state index contributed by atoms with van der Waals surface area (Å²) in [6.07, 6.45) is 0. The van der Waals surface area contributed by atoms with Crippen molar-refractivity contribution in [3.63, 3.8) is 0 Å². The molecule has 0 saturated heterocycles. The third kappa shape index (κ3) is 6.00. The fraction of sp³-hybridized carbons (Fsp3) is 0.214. The molecule has 3 N–H and O–H groups in total. The van der Waals surface area contributed by atoms with Crippen LogP contribution in [0.15, 0.2) is 78.0 Å². The lowest BCUT2D eigenvalue weighted by Crippen LogP contribution is -2.12. The Balaban J connectivity index is 1.39. The van der Waals surface area contributed by atoms with Gasteiger partial charge in [-0.05, 0) is 72.5 Å². The van der Waals surface area contributed by atoms with Crippen molar-refractivity contribution in [2.24, 2.45) is 10.9 Å². The van der Waals surface area contributed by atoms with E-state index in [0.717, 1.165) is 33.1 Å². The first-order valence-electron chi connectivity index (χ1n) is 11.4. The predicted octanol–water partition coefficient (Wildman–Crippen LogP) is 6.49. The highest BCUT2D eigenvalue weighted by molar-refractivity contribution is 7.12. The van der Waals surface area contributed by atoms with E-state index in [1.54, 1.807) is 35.6 Å². The van der Waals surface area contributed by atoms with E-state index in [9.17, 15) is 0 Å². The Hall–Kier alpha value is -3.84. The van der Waals surface area contributed by atoms with Crippen molar-refractivity contribution in [3.8, 4) is 22.8 Å². The quantitative estimate of drug-likeness (QED) is 0.122. The lowest BCUT2D eigenvalue weighted by molar-refractivity contribution is 0.285. The first-order valence-corrected chi connectivity index (χ1v) is 12.2. The molecule has 0 aliphatic rings. The van der Waals surface area contributed by atoms with E-state index in [2.05, 4.69) is 38.1 Å². The molecule has 0 spiro atoms. The van der Waals surface area contributed by atoms with Crippen LogP contribution in [0, 0.1) is 6.92 Å². The molecule has 0 atom stereocenters. The Bertz CT molecular complexity index is 1300. The van der Waals surface area contributed by atoms with E-state index in [0.29, 0.717) is 30.4 Å². The zero-order valence-electron chi connectivity index (χ0n) is 20.1. The summed E-state index contributed by atoms with van der Waals surface area (Å²) in [7, 11) is 0. The number of aryl methyl sites for hydroxylation is 1. The molecule has 0 amide bonds. The molecule has 0 radical (unpaired) electrons. The number of hydrogen-bond acceptors (Lipinski definition) is 6. The number of thiazole rings is 1. The number of aromatic nitrogens is 1. The van der Waals surface area contributed by atoms with E-state index in [1.807, 2.05) is 36.4 Å². The molecule has 180 valence electrons. The molecule has 7 heteroatoms. The molecular formula is C28H29N3O3S. The summed E-state index contributed by atoms with van der Waals surface area (Å²) in [5.74, 6) is 2.01. The number of nitrogens with zero attached hydrogens (tertiary/aromatic N) is 2. The van der Waals surface area contributed by atoms with Gasteiger partial charge in [-0.3, -0.25) is 0 Å². The average Bonchev–Trinajstić information content (AvgIpc) is 3.29. The number of nitrogens with two attached hydrogens (primary N) is 1. The van der Waals surface area contributed by atoms with E-state index in [4.69, 9.17) is 25.4 Å². The highest BCUT2D eigenvalue weighted by Gasteiger charge is 2.14. The SMILES string of the molecule is Cc1nc(-c2ccc(OCc3ccccc3COc3ccc(/C(N)=N/O)cc3)cc2)c(C(C)C)s1. The second kappa shape index (κ2) is 11.1. The fourth-order valence-electron chi connectivity index (χ4n) is 3.69. The lowest BCUT2D eigenvalue weighted by atomic mass is 10.1. The van der Waals surface area contributed by atoms with E-state index >= 15 is 0 Å². The number of amidine groups is 1. The number of rotatable bonds is 9. The van der Waals surface area contributed by atoms with Crippen molar-refractivity contribution in [2.75, 3.05) is 0 Å². The molecule has 0 saturated carbocycles. The van der Waals surface area contributed by atoms with Gasteiger partial charge in [0.2, 0.25) is 0 Å². The molecule has 0 fully saturated rings. The van der Waals surface area contributed by atoms with Gasteiger partial charge in [-0.2, -0.15) is 0 Å². The zero-order valence-corrected chi connectivity index (χ0v) is 20.9. The molecule has 6 nitrogen and oxygen atoms in total. The van der Waals surface area contributed by atoms with Gasteiger partial charge in [-0.25, -0.2) is 4.98 Å². The first-order chi connectivity index (χ1) is 16.9. The van der Waals surface area contributed by atoms with Gasteiger partial charge >= 0.3 is 0 Å². The minimum Gasteiger partial charge on any atom is -0.489 e. The maximum absolute atomic E-state index is 8.79. The van der Waals surface area contributed by atoms with Gasteiger partial charge in [0.05, 0.1) is 10.7 Å². The first kappa shape index (κ1) is 24.3. The molecule has 35 heavy (non-hydrogen) atoms. The number of benzene rings is 3. The van der Waals surface area contributed by atoms with Gasteiger partial charge in [-0.15, -0.1) is 11.3 Å². The van der Waals surface area contributed by atoms with E-state index in [1.165, 1.54) is 4.88 Å². The second-order valence-corrected chi connectivity index (χ2v) is 9.72. The molecule has 4 rings (SSSR count). The molecule has 1 aromatic heterocycles. The van der Waals surface area contributed by atoms with Crippen LogP contribution in [0.2, 0.25) is 0 Å². The van der Waals surface area contributed by atoms with Crippen LogP contribution in [0.25, 0.3) is 11.3 Å². The Kier molecular flexibility index (Phi) is 7.67. The minimum atomic E-state index is 0.0640. The maximum Gasteiger partial charge on any atom is 0.170 e. The fourth-order valence-corrected chi connectivity index (χ4v) is 4.64. The standard InChI is InChI=1S/C28H29N3O3S/c1-18(2)27-26(30-19(3)35-27)20-8-12-24(13-9-20)33-16-22-6-4-5-7-23(22)17-34-25-14-10-21(11-15-25)28(29)31-32/h4-15,18,32H,16-17H2,1-3H3,(H2,29,31). The van der Waals surface area contributed by atoms with Crippen LogP contribution in [0.1, 0.15) is 46.3 Å². The van der Waals surface area contributed by atoms with Gasteiger partial charge in [0, 0.05) is 16.0 Å². The maximum atomic E-state index is 8.79. The molecular weight excluding hydrogens is 458 g/mol. The van der Waals surface area contributed by atoms with Crippen molar-refractivity contribution in [3.05, 3.63) is 99.4 Å². The molecule has 4 aromatic rings. The summed E-state index contributed by atoms with van der Waals surface area (Å²) in [6.45, 7) is 7.30. The molecule has 1 heterocycles. The molecule has 0 aliphatic carbocycles. The summed E-state index contributed by atoms with van der Waals surface area (Å²) in [5.41, 5.74) is 10.5. The molecule has 3 aromatic carbocycles. The van der Waals surface area contributed by atoms with Gasteiger partial charge in [-0.1, -0.05) is 43.3 Å². The average molecular weight is 488 g/mol. The summed E-state index contributed by atoms with van der Waals surface area (Å²) in [5, 5.41) is 12.9. The largest absolute Gasteiger partial charge is 0.489 e. The highest BCUT2D eigenvalue weighted by atomic mass is 32.1.